The number of piperazine rings is 1. The van der Waals surface area contributed by atoms with Gasteiger partial charge in [-0.3, -0.25) is 9.59 Å². The number of ether oxygens (including phenoxy) is 1. The van der Waals surface area contributed by atoms with Crippen molar-refractivity contribution in [1.29, 1.82) is 0 Å². The minimum atomic E-state index is 0.180. The molecular formula is C21H30N2O3. The lowest BCUT2D eigenvalue weighted by atomic mass is 10.0. The molecule has 1 unspecified atom stereocenters. The lowest BCUT2D eigenvalue weighted by molar-refractivity contribution is -0.140. The van der Waals surface area contributed by atoms with E-state index in [1.807, 2.05) is 34.1 Å². The number of carbonyl (C=O) groups excluding carboxylic acids is 2. The number of rotatable bonds is 7. The zero-order valence-corrected chi connectivity index (χ0v) is 15.9. The molecule has 1 aliphatic heterocycles. The second kappa shape index (κ2) is 8.56. The van der Waals surface area contributed by atoms with E-state index in [4.69, 9.17) is 4.74 Å². The lowest BCUT2D eigenvalue weighted by Gasteiger charge is -2.35. The van der Waals surface area contributed by atoms with Crippen molar-refractivity contribution in [3.8, 4) is 5.75 Å². The van der Waals surface area contributed by atoms with Gasteiger partial charge in [-0.1, -0.05) is 19.1 Å². The molecule has 1 aromatic rings. The summed E-state index contributed by atoms with van der Waals surface area (Å²) < 4.78 is 5.15. The summed E-state index contributed by atoms with van der Waals surface area (Å²) in [6.45, 7) is 4.85. The number of hydrogen-bond donors (Lipinski definition) is 0. The van der Waals surface area contributed by atoms with Gasteiger partial charge in [-0.15, -0.1) is 0 Å². The fraction of sp³-hybridized carbons (Fsp3) is 0.619. The molecule has 3 rings (SSSR count). The third-order valence-electron chi connectivity index (χ3n) is 5.70. The van der Waals surface area contributed by atoms with Crippen LogP contribution < -0.4 is 4.74 Å². The first-order valence-corrected chi connectivity index (χ1v) is 9.75. The van der Waals surface area contributed by atoms with Crippen LogP contribution in [0.15, 0.2) is 24.3 Å². The van der Waals surface area contributed by atoms with Crippen molar-refractivity contribution in [3.63, 3.8) is 0 Å². The number of carbonyl (C=O) groups is 2. The third-order valence-corrected chi connectivity index (χ3v) is 5.70. The largest absolute Gasteiger partial charge is 0.497 e. The minimum absolute atomic E-state index is 0.180. The molecule has 0 spiro atoms. The van der Waals surface area contributed by atoms with Gasteiger partial charge in [-0.25, -0.2) is 0 Å². The molecule has 1 heterocycles. The topological polar surface area (TPSA) is 49.9 Å². The molecule has 1 atom stereocenters. The Morgan fingerprint density at radius 1 is 1.04 bits per heavy atom. The Balaban J connectivity index is 1.39. The van der Waals surface area contributed by atoms with Gasteiger partial charge in [-0.05, 0) is 48.8 Å². The minimum Gasteiger partial charge on any atom is -0.497 e. The first kappa shape index (κ1) is 18.7. The molecule has 2 aliphatic rings. The number of nitrogens with zero attached hydrogens (tertiary/aromatic N) is 2. The van der Waals surface area contributed by atoms with Crippen LogP contribution in [0.1, 0.15) is 38.2 Å². The number of aryl methyl sites for hydroxylation is 1. The normalized spacial score (nSPS) is 18.5. The van der Waals surface area contributed by atoms with E-state index in [9.17, 15) is 9.59 Å². The predicted octanol–water partition coefficient (Wildman–Crippen LogP) is 2.73. The Morgan fingerprint density at radius 2 is 1.62 bits per heavy atom. The highest BCUT2D eigenvalue weighted by molar-refractivity contribution is 5.78. The lowest BCUT2D eigenvalue weighted by Crippen LogP contribution is -2.50. The smallest absolute Gasteiger partial charge is 0.223 e. The summed E-state index contributed by atoms with van der Waals surface area (Å²) in [5, 5.41) is 0. The zero-order valence-electron chi connectivity index (χ0n) is 15.9. The Bertz CT molecular complexity index is 617. The monoisotopic (exact) mass is 358 g/mol. The molecule has 0 bridgehead atoms. The van der Waals surface area contributed by atoms with E-state index in [1.54, 1.807) is 7.11 Å². The third kappa shape index (κ3) is 4.99. The summed E-state index contributed by atoms with van der Waals surface area (Å²) in [6, 6.07) is 7.85. The van der Waals surface area contributed by atoms with Crippen LogP contribution in [0.2, 0.25) is 0 Å². The van der Waals surface area contributed by atoms with E-state index in [-0.39, 0.29) is 11.8 Å². The maximum absolute atomic E-state index is 12.4. The molecule has 5 heteroatoms. The van der Waals surface area contributed by atoms with Gasteiger partial charge in [0, 0.05) is 39.0 Å². The van der Waals surface area contributed by atoms with Crippen LogP contribution in [0.4, 0.5) is 0 Å². The molecule has 1 saturated carbocycles. The maximum atomic E-state index is 12.4. The highest BCUT2D eigenvalue weighted by atomic mass is 16.5. The van der Waals surface area contributed by atoms with E-state index >= 15 is 0 Å². The van der Waals surface area contributed by atoms with Crippen LogP contribution in [0.3, 0.4) is 0 Å². The average Bonchev–Trinajstić information content (AvgIpc) is 3.52. The molecule has 0 N–H and O–H groups in total. The van der Waals surface area contributed by atoms with Gasteiger partial charge in [0.05, 0.1) is 7.11 Å². The standard InChI is InChI=1S/C21H30N2O3/c1-16(18-6-7-18)15-21(25)23-13-11-22(12-14-23)20(24)10-5-17-3-8-19(26-2)9-4-17/h3-4,8-9,16,18H,5-7,10-15H2,1-2H3. The molecule has 26 heavy (non-hydrogen) atoms. The first-order chi connectivity index (χ1) is 12.6. The van der Waals surface area contributed by atoms with Gasteiger partial charge in [0.2, 0.25) is 11.8 Å². The Labute approximate surface area is 156 Å². The summed E-state index contributed by atoms with van der Waals surface area (Å²) in [7, 11) is 1.65. The van der Waals surface area contributed by atoms with Crippen molar-refractivity contribution < 1.29 is 14.3 Å². The molecule has 5 nitrogen and oxygen atoms in total. The Hall–Kier alpha value is -2.04. The van der Waals surface area contributed by atoms with Crippen LogP contribution in [0.5, 0.6) is 5.75 Å². The molecule has 142 valence electrons. The van der Waals surface area contributed by atoms with Crippen LogP contribution in [-0.4, -0.2) is 54.9 Å². The molecular weight excluding hydrogens is 328 g/mol. The highest BCUT2D eigenvalue weighted by Crippen LogP contribution is 2.38. The van der Waals surface area contributed by atoms with Gasteiger partial charge >= 0.3 is 0 Å². The number of methoxy groups -OCH3 is 1. The number of amides is 2. The summed E-state index contributed by atoms with van der Waals surface area (Å²) in [6.07, 6.45) is 4.48. The molecule has 0 radical (unpaired) electrons. The van der Waals surface area contributed by atoms with Crippen molar-refractivity contribution in [2.45, 2.75) is 39.0 Å². The molecule has 1 saturated heterocycles. The summed E-state index contributed by atoms with van der Waals surface area (Å²) in [5.41, 5.74) is 1.14. The van der Waals surface area contributed by atoms with Crippen LogP contribution >= 0.6 is 0 Å². The van der Waals surface area contributed by atoms with E-state index < -0.39 is 0 Å². The van der Waals surface area contributed by atoms with Gasteiger partial charge in [-0.2, -0.15) is 0 Å². The van der Waals surface area contributed by atoms with Crippen LogP contribution in [0.25, 0.3) is 0 Å². The van der Waals surface area contributed by atoms with Crippen molar-refractivity contribution in [3.05, 3.63) is 29.8 Å². The summed E-state index contributed by atoms with van der Waals surface area (Å²) in [5.74, 6) is 2.54. The average molecular weight is 358 g/mol. The van der Waals surface area contributed by atoms with Gasteiger partial charge in [0.1, 0.15) is 5.75 Å². The SMILES string of the molecule is COc1ccc(CCC(=O)N2CCN(C(=O)CC(C)C3CC3)CC2)cc1. The van der Waals surface area contributed by atoms with Crippen LogP contribution in [0, 0.1) is 11.8 Å². The molecule has 1 aliphatic carbocycles. The van der Waals surface area contributed by atoms with Crippen LogP contribution in [-0.2, 0) is 16.0 Å². The van der Waals surface area contributed by atoms with Gasteiger partial charge in [0.15, 0.2) is 0 Å². The quantitative estimate of drug-likeness (QED) is 0.753. The summed E-state index contributed by atoms with van der Waals surface area (Å²) >= 11 is 0. The van der Waals surface area contributed by atoms with Crippen molar-refractivity contribution >= 4 is 11.8 Å². The van der Waals surface area contributed by atoms with E-state index in [2.05, 4.69) is 6.92 Å². The van der Waals surface area contributed by atoms with E-state index in [1.165, 1.54) is 12.8 Å². The molecule has 1 aromatic carbocycles. The highest BCUT2D eigenvalue weighted by Gasteiger charge is 2.31. The van der Waals surface area contributed by atoms with Gasteiger partial charge < -0.3 is 14.5 Å². The fourth-order valence-electron chi connectivity index (χ4n) is 3.64. The second-order valence-electron chi connectivity index (χ2n) is 7.63. The first-order valence-electron chi connectivity index (χ1n) is 9.75. The number of benzene rings is 1. The van der Waals surface area contributed by atoms with Crippen molar-refractivity contribution in [1.82, 2.24) is 9.80 Å². The molecule has 2 fully saturated rings. The van der Waals surface area contributed by atoms with E-state index in [0.717, 1.165) is 23.7 Å². The Morgan fingerprint density at radius 3 is 2.15 bits per heavy atom. The van der Waals surface area contributed by atoms with E-state index in [0.29, 0.717) is 44.9 Å². The predicted molar refractivity (Wildman–Crippen MR) is 101 cm³/mol. The zero-order chi connectivity index (χ0) is 18.5. The Kier molecular flexibility index (Phi) is 6.17. The maximum Gasteiger partial charge on any atom is 0.223 e. The summed E-state index contributed by atoms with van der Waals surface area (Å²) in [4.78, 5) is 28.7. The fourth-order valence-corrected chi connectivity index (χ4v) is 3.64. The van der Waals surface area contributed by atoms with Crippen molar-refractivity contribution in [2.24, 2.45) is 11.8 Å². The second-order valence-corrected chi connectivity index (χ2v) is 7.63. The van der Waals surface area contributed by atoms with Gasteiger partial charge in [0.25, 0.3) is 0 Å². The van der Waals surface area contributed by atoms with Crippen molar-refractivity contribution in [2.75, 3.05) is 33.3 Å². The molecule has 0 aromatic heterocycles. The number of hydrogen-bond acceptors (Lipinski definition) is 3. The molecule has 2 amide bonds.